The van der Waals surface area contributed by atoms with E-state index in [0.29, 0.717) is 0 Å². The van der Waals surface area contributed by atoms with Crippen LogP contribution in [0, 0.1) is 0 Å². The molecule has 0 heterocycles. The summed E-state index contributed by atoms with van der Waals surface area (Å²) in [6.45, 7) is 0. The van der Waals surface area contributed by atoms with Crippen LogP contribution in [0.2, 0.25) is 0 Å². The van der Waals surface area contributed by atoms with Gasteiger partial charge in [0.15, 0.2) is 0 Å². The van der Waals surface area contributed by atoms with Gasteiger partial charge in [0.05, 0.1) is 0 Å². The molecule has 0 saturated carbocycles. The molecule has 0 spiro atoms. The Labute approximate surface area is 114 Å². The van der Waals surface area contributed by atoms with E-state index in [2.05, 4.69) is 84.9 Å². The zero-order chi connectivity index (χ0) is 12.2. The van der Waals surface area contributed by atoms with E-state index in [1.54, 1.807) is 0 Å². The third-order valence-corrected chi connectivity index (χ3v) is 3.10. The van der Waals surface area contributed by atoms with Crippen LogP contribution in [-0.2, 0) is 0 Å². The summed E-state index contributed by atoms with van der Waals surface area (Å²) in [6.07, 6.45) is 0. The maximum atomic E-state index is 2.18. The van der Waals surface area contributed by atoms with Crippen LogP contribution in [-0.4, -0.2) is 0 Å². The lowest BCUT2D eigenvalue weighted by molar-refractivity contribution is 1.58. The van der Waals surface area contributed by atoms with Crippen molar-refractivity contribution in [1.82, 2.24) is 6.15 Å². The highest BCUT2D eigenvalue weighted by atomic mass is 14.1. The summed E-state index contributed by atoms with van der Waals surface area (Å²) in [6, 6.07) is 29.6. The molecule has 0 atom stereocenters. The van der Waals surface area contributed by atoms with E-state index in [1.165, 1.54) is 22.3 Å². The summed E-state index contributed by atoms with van der Waals surface area (Å²) in [5.41, 5.74) is 5.09. The largest absolute Gasteiger partial charge is 0.344 e. The highest BCUT2D eigenvalue weighted by Crippen LogP contribution is 2.31. The maximum Gasteiger partial charge on any atom is -0.0105 e. The molecule has 0 aromatic heterocycles. The Balaban J connectivity index is 0.00000133. The Hall–Kier alpha value is -2.38. The summed E-state index contributed by atoms with van der Waals surface area (Å²) < 4.78 is 0. The van der Waals surface area contributed by atoms with Gasteiger partial charge in [-0.05, 0) is 22.3 Å². The maximum absolute atomic E-state index is 2.18. The zero-order valence-corrected chi connectivity index (χ0v) is 10.8. The van der Waals surface area contributed by atoms with Crippen LogP contribution in [0.4, 0.5) is 0 Å². The molecule has 1 nitrogen and oxygen atoms in total. The van der Waals surface area contributed by atoms with Gasteiger partial charge in [-0.3, -0.25) is 0 Å². The lowest BCUT2D eigenvalue weighted by atomic mass is 9.95. The van der Waals surface area contributed by atoms with Crippen molar-refractivity contribution in [3.05, 3.63) is 84.9 Å². The topological polar surface area (TPSA) is 35.0 Å². The first-order valence-corrected chi connectivity index (χ1v) is 6.15. The highest BCUT2D eigenvalue weighted by molar-refractivity contribution is 5.83. The molecule has 0 saturated heterocycles. The molecule has 0 fully saturated rings. The van der Waals surface area contributed by atoms with Gasteiger partial charge in [0, 0.05) is 0 Å². The summed E-state index contributed by atoms with van der Waals surface area (Å²) in [5, 5.41) is 0. The van der Waals surface area contributed by atoms with E-state index in [0.717, 1.165) is 0 Å². The Bertz CT molecular complexity index is 572. The Morgan fingerprint density at radius 3 is 1.05 bits per heavy atom. The van der Waals surface area contributed by atoms with Gasteiger partial charge in [-0.15, -0.1) is 0 Å². The predicted octanol–water partition coefficient (Wildman–Crippen LogP) is 5.18. The molecule has 0 aliphatic rings. The summed E-state index contributed by atoms with van der Waals surface area (Å²) in [5.74, 6) is 0. The van der Waals surface area contributed by atoms with E-state index in [1.807, 2.05) is 0 Å². The number of hydrogen-bond acceptors (Lipinski definition) is 1. The second-order valence-electron chi connectivity index (χ2n) is 4.28. The van der Waals surface area contributed by atoms with Crippen molar-refractivity contribution in [1.29, 1.82) is 0 Å². The van der Waals surface area contributed by atoms with Gasteiger partial charge in [0.1, 0.15) is 0 Å². The first kappa shape index (κ1) is 13.1. The third-order valence-electron chi connectivity index (χ3n) is 3.10. The van der Waals surface area contributed by atoms with Crippen molar-refractivity contribution in [2.45, 2.75) is 0 Å². The van der Waals surface area contributed by atoms with Crippen molar-refractivity contribution in [2.24, 2.45) is 0 Å². The average Bonchev–Trinajstić information content (AvgIpc) is 2.49. The van der Waals surface area contributed by atoms with E-state index in [9.17, 15) is 0 Å². The van der Waals surface area contributed by atoms with E-state index in [-0.39, 0.29) is 6.15 Å². The highest BCUT2D eigenvalue weighted by Gasteiger charge is 2.05. The normalized spacial score (nSPS) is 9.68. The van der Waals surface area contributed by atoms with Crippen molar-refractivity contribution in [3.8, 4) is 22.3 Å². The molecule has 3 N–H and O–H groups in total. The molecule has 19 heavy (non-hydrogen) atoms. The van der Waals surface area contributed by atoms with Crippen molar-refractivity contribution < 1.29 is 0 Å². The Kier molecular flexibility index (Phi) is 4.11. The van der Waals surface area contributed by atoms with Crippen molar-refractivity contribution in [3.63, 3.8) is 0 Å². The average molecular weight is 247 g/mol. The fourth-order valence-corrected chi connectivity index (χ4v) is 2.22. The molecule has 0 radical (unpaired) electrons. The fraction of sp³-hybridized carbons (Fsp3) is 0. The lowest BCUT2D eigenvalue weighted by Crippen LogP contribution is -1.83. The molecule has 1 heteroatoms. The molecule has 0 unspecified atom stereocenters. The van der Waals surface area contributed by atoms with Crippen LogP contribution in [0.15, 0.2) is 84.9 Å². The quantitative estimate of drug-likeness (QED) is 0.665. The van der Waals surface area contributed by atoms with Gasteiger partial charge in [0.2, 0.25) is 0 Å². The predicted molar refractivity (Wildman–Crippen MR) is 82.3 cm³/mol. The smallest absolute Gasteiger partial charge is 0.0105 e. The standard InChI is InChI=1S/C18H14.H3N/c1-3-9-15(10-4-1)17-13-7-8-14-18(17)16-11-5-2-6-12-16;/h1-14H;1H3. The first-order valence-electron chi connectivity index (χ1n) is 6.15. The molecule has 3 aromatic rings. The van der Waals surface area contributed by atoms with Crippen LogP contribution < -0.4 is 6.15 Å². The van der Waals surface area contributed by atoms with Crippen LogP contribution >= 0.6 is 0 Å². The number of hydrogen-bond donors (Lipinski definition) is 1. The van der Waals surface area contributed by atoms with E-state index < -0.39 is 0 Å². The molecule has 94 valence electrons. The second kappa shape index (κ2) is 5.98. The third kappa shape index (κ3) is 2.72. The minimum absolute atomic E-state index is 0. The zero-order valence-electron chi connectivity index (χ0n) is 10.8. The van der Waals surface area contributed by atoms with Gasteiger partial charge in [-0.25, -0.2) is 0 Å². The molecule has 0 aliphatic heterocycles. The van der Waals surface area contributed by atoms with Gasteiger partial charge in [-0.1, -0.05) is 84.9 Å². The fourth-order valence-electron chi connectivity index (χ4n) is 2.22. The van der Waals surface area contributed by atoms with Gasteiger partial charge in [-0.2, -0.15) is 0 Å². The van der Waals surface area contributed by atoms with E-state index in [4.69, 9.17) is 0 Å². The molecule has 0 bridgehead atoms. The molecule has 3 rings (SSSR count). The van der Waals surface area contributed by atoms with Gasteiger partial charge < -0.3 is 6.15 Å². The molecule has 0 aliphatic carbocycles. The Morgan fingerprint density at radius 2 is 0.684 bits per heavy atom. The lowest BCUT2D eigenvalue weighted by Gasteiger charge is -2.09. The monoisotopic (exact) mass is 247 g/mol. The van der Waals surface area contributed by atoms with Crippen molar-refractivity contribution in [2.75, 3.05) is 0 Å². The summed E-state index contributed by atoms with van der Waals surface area (Å²) in [4.78, 5) is 0. The summed E-state index contributed by atoms with van der Waals surface area (Å²) >= 11 is 0. The summed E-state index contributed by atoms with van der Waals surface area (Å²) in [7, 11) is 0. The molecule has 3 aromatic carbocycles. The molecular weight excluding hydrogens is 230 g/mol. The van der Waals surface area contributed by atoms with Gasteiger partial charge >= 0.3 is 0 Å². The second-order valence-corrected chi connectivity index (χ2v) is 4.28. The van der Waals surface area contributed by atoms with Gasteiger partial charge in [0.25, 0.3) is 0 Å². The number of benzene rings is 3. The van der Waals surface area contributed by atoms with Crippen molar-refractivity contribution >= 4 is 0 Å². The SMILES string of the molecule is N.c1ccc(-c2ccccc2-c2ccccc2)cc1. The molecular formula is C18H17N. The minimum Gasteiger partial charge on any atom is -0.344 e. The molecule has 0 amide bonds. The Morgan fingerprint density at radius 1 is 0.368 bits per heavy atom. The van der Waals surface area contributed by atoms with Crippen LogP contribution in [0.1, 0.15) is 0 Å². The van der Waals surface area contributed by atoms with E-state index >= 15 is 0 Å². The minimum atomic E-state index is 0. The number of rotatable bonds is 2. The van der Waals surface area contributed by atoms with Crippen LogP contribution in [0.3, 0.4) is 0 Å². The first-order chi connectivity index (χ1) is 8.95. The van der Waals surface area contributed by atoms with Crippen LogP contribution in [0.25, 0.3) is 22.3 Å². The van der Waals surface area contributed by atoms with Crippen LogP contribution in [0.5, 0.6) is 0 Å².